The van der Waals surface area contributed by atoms with Crippen LogP contribution < -0.4 is 0 Å². The SMILES string of the molecule is CCPC1CCC(c2ccc(F)cc2)CC1. The molecule has 88 valence electrons. The highest BCUT2D eigenvalue weighted by Gasteiger charge is 2.21. The Kier molecular flexibility index (Phi) is 4.35. The lowest BCUT2D eigenvalue weighted by Crippen LogP contribution is -2.14. The van der Waals surface area contributed by atoms with Crippen molar-refractivity contribution in [2.75, 3.05) is 6.16 Å². The van der Waals surface area contributed by atoms with Crippen molar-refractivity contribution in [3.63, 3.8) is 0 Å². The van der Waals surface area contributed by atoms with Crippen LogP contribution in [-0.4, -0.2) is 11.8 Å². The predicted octanol–water partition coefficient (Wildman–Crippen LogP) is 4.55. The predicted molar refractivity (Wildman–Crippen MR) is 70.3 cm³/mol. The Balaban J connectivity index is 1.91. The minimum Gasteiger partial charge on any atom is -0.207 e. The van der Waals surface area contributed by atoms with E-state index in [1.54, 1.807) is 12.1 Å². The van der Waals surface area contributed by atoms with E-state index in [-0.39, 0.29) is 5.82 Å². The van der Waals surface area contributed by atoms with E-state index in [9.17, 15) is 4.39 Å². The molecule has 2 rings (SSSR count). The van der Waals surface area contributed by atoms with Gasteiger partial charge in [-0.2, -0.15) is 0 Å². The average Bonchev–Trinajstić information content (AvgIpc) is 2.32. The molecule has 1 unspecified atom stereocenters. The van der Waals surface area contributed by atoms with Crippen LogP contribution in [0.3, 0.4) is 0 Å². The Morgan fingerprint density at radius 2 is 1.75 bits per heavy atom. The van der Waals surface area contributed by atoms with Gasteiger partial charge in [0.1, 0.15) is 5.82 Å². The van der Waals surface area contributed by atoms with Crippen molar-refractivity contribution in [1.29, 1.82) is 0 Å². The van der Waals surface area contributed by atoms with Crippen molar-refractivity contribution in [1.82, 2.24) is 0 Å². The van der Waals surface area contributed by atoms with Crippen molar-refractivity contribution >= 4 is 8.58 Å². The summed E-state index contributed by atoms with van der Waals surface area (Å²) in [6.07, 6.45) is 6.67. The highest BCUT2D eigenvalue weighted by atomic mass is 31.1. The van der Waals surface area contributed by atoms with Gasteiger partial charge >= 0.3 is 0 Å². The van der Waals surface area contributed by atoms with Gasteiger partial charge in [-0.25, -0.2) is 4.39 Å². The third-order valence-electron chi connectivity index (χ3n) is 3.56. The molecule has 0 saturated heterocycles. The summed E-state index contributed by atoms with van der Waals surface area (Å²) < 4.78 is 12.8. The standard InChI is InChI=1S/C14H20FP/c1-2-16-14-9-5-12(6-10-14)11-3-7-13(15)8-4-11/h3-4,7-8,12,14,16H,2,5-6,9-10H2,1H3. The quantitative estimate of drug-likeness (QED) is 0.678. The number of halogens is 1. The first-order valence-electron chi connectivity index (χ1n) is 6.28. The fourth-order valence-corrected chi connectivity index (χ4v) is 3.97. The second kappa shape index (κ2) is 5.77. The lowest BCUT2D eigenvalue weighted by Gasteiger charge is -2.28. The first kappa shape index (κ1) is 12.0. The molecule has 1 aromatic carbocycles. The van der Waals surface area contributed by atoms with Gasteiger partial charge < -0.3 is 0 Å². The molecule has 0 spiro atoms. The Morgan fingerprint density at radius 1 is 1.12 bits per heavy atom. The lowest BCUT2D eigenvalue weighted by atomic mass is 9.84. The number of hydrogen-bond acceptors (Lipinski definition) is 0. The van der Waals surface area contributed by atoms with E-state index in [4.69, 9.17) is 0 Å². The molecule has 1 aliphatic rings. The molecule has 1 aliphatic carbocycles. The first-order chi connectivity index (χ1) is 7.79. The lowest BCUT2D eigenvalue weighted by molar-refractivity contribution is 0.450. The Morgan fingerprint density at radius 3 is 2.31 bits per heavy atom. The summed E-state index contributed by atoms with van der Waals surface area (Å²) in [4.78, 5) is 0. The van der Waals surface area contributed by atoms with Crippen molar-refractivity contribution in [2.45, 2.75) is 44.2 Å². The van der Waals surface area contributed by atoms with Crippen LogP contribution in [0.2, 0.25) is 0 Å². The third kappa shape index (κ3) is 3.04. The molecule has 0 nitrogen and oxygen atoms in total. The van der Waals surface area contributed by atoms with Gasteiger partial charge in [0.05, 0.1) is 0 Å². The van der Waals surface area contributed by atoms with Gasteiger partial charge in [0.25, 0.3) is 0 Å². The Hall–Kier alpha value is -0.420. The van der Waals surface area contributed by atoms with Gasteiger partial charge in [-0.1, -0.05) is 19.1 Å². The molecular weight excluding hydrogens is 218 g/mol. The molecule has 0 amide bonds. The van der Waals surface area contributed by atoms with E-state index in [0.717, 1.165) is 14.2 Å². The molecule has 1 fully saturated rings. The minimum absolute atomic E-state index is 0.120. The fraction of sp³-hybridized carbons (Fsp3) is 0.571. The van der Waals surface area contributed by atoms with Gasteiger partial charge in [-0.3, -0.25) is 0 Å². The smallest absolute Gasteiger partial charge is 0.123 e. The molecule has 1 atom stereocenters. The van der Waals surface area contributed by atoms with E-state index < -0.39 is 0 Å². The first-order valence-corrected chi connectivity index (χ1v) is 7.57. The van der Waals surface area contributed by atoms with Gasteiger partial charge in [0, 0.05) is 0 Å². The van der Waals surface area contributed by atoms with Gasteiger partial charge in [0.2, 0.25) is 0 Å². The molecule has 2 heteroatoms. The zero-order chi connectivity index (χ0) is 11.4. The van der Waals surface area contributed by atoms with Crippen molar-refractivity contribution in [3.05, 3.63) is 35.6 Å². The maximum absolute atomic E-state index is 12.8. The number of hydrogen-bond donors (Lipinski definition) is 0. The van der Waals surface area contributed by atoms with E-state index in [1.165, 1.54) is 37.4 Å². The minimum atomic E-state index is -0.120. The van der Waals surface area contributed by atoms with Crippen molar-refractivity contribution < 1.29 is 4.39 Å². The third-order valence-corrected chi connectivity index (χ3v) is 5.12. The van der Waals surface area contributed by atoms with Gasteiger partial charge in [0.15, 0.2) is 0 Å². The molecule has 0 heterocycles. The molecule has 1 aromatic rings. The number of rotatable bonds is 3. The second-order valence-electron chi connectivity index (χ2n) is 4.66. The highest BCUT2D eigenvalue weighted by molar-refractivity contribution is 7.38. The zero-order valence-corrected chi connectivity index (χ0v) is 10.9. The summed E-state index contributed by atoms with van der Waals surface area (Å²) in [5, 5.41) is 0. The summed E-state index contributed by atoms with van der Waals surface area (Å²) in [5.74, 6) is 0.559. The molecule has 0 radical (unpaired) electrons. The van der Waals surface area contributed by atoms with Crippen molar-refractivity contribution in [2.24, 2.45) is 0 Å². The van der Waals surface area contributed by atoms with E-state index in [1.807, 2.05) is 12.1 Å². The molecule has 0 bridgehead atoms. The average molecular weight is 238 g/mol. The van der Waals surface area contributed by atoms with Crippen LogP contribution in [0.25, 0.3) is 0 Å². The maximum Gasteiger partial charge on any atom is 0.123 e. The Labute approximate surface area is 99.4 Å². The molecule has 0 aliphatic heterocycles. The second-order valence-corrected chi connectivity index (χ2v) is 6.59. The summed E-state index contributed by atoms with van der Waals surface area (Å²) in [6, 6.07) is 7.11. The molecule has 0 aromatic heterocycles. The monoisotopic (exact) mass is 238 g/mol. The molecule has 0 N–H and O–H groups in total. The Bertz CT molecular complexity index is 312. The van der Waals surface area contributed by atoms with Crippen LogP contribution in [-0.2, 0) is 0 Å². The summed E-state index contributed by atoms with van der Waals surface area (Å²) in [5.41, 5.74) is 2.31. The largest absolute Gasteiger partial charge is 0.207 e. The maximum atomic E-state index is 12.8. The highest BCUT2D eigenvalue weighted by Crippen LogP contribution is 2.39. The van der Waals surface area contributed by atoms with Crippen LogP contribution in [0.15, 0.2) is 24.3 Å². The molecular formula is C14H20FP. The van der Waals surface area contributed by atoms with Crippen LogP contribution in [0.1, 0.15) is 44.1 Å². The van der Waals surface area contributed by atoms with Crippen LogP contribution in [0.4, 0.5) is 4.39 Å². The molecule has 1 saturated carbocycles. The fourth-order valence-electron chi connectivity index (χ4n) is 2.65. The summed E-state index contributed by atoms with van der Waals surface area (Å²) >= 11 is 0. The zero-order valence-electron chi connectivity index (χ0n) is 9.88. The van der Waals surface area contributed by atoms with Gasteiger partial charge in [-0.15, -0.1) is 8.58 Å². The van der Waals surface area contributed by atoms with Gasteiger partial charge in [-0.05, 0) is 61.1 Å². The normalized spacial score (nSPS) is 26.4. The summed E-state index contributed by atoms with van der Waals surface area (Å²) in [6.45, 7) is 2.28. The van der Waals surface area contributed by atoms with E-state index in [0.29, 0.717) is 5.92 Å². The topological polar surface area (TPSA) is 0 Å². The summed E-state index contributed by atoms with van der Waals surface area (Å²) in [7, 11) is 1.15. The molecule has 16 heavy (non-hydrogen) atoms. The van der Waals surface area contributed by atoms with Crippen LogP contribution >= 0.6 is 8.58 Å². The van der Waals surface area contributed by atoms with Crippen LogP contribution in [0, 0.1) is 5.82 Å². The van der Waals surface area contributed by atoms with E-state index in [2.05, 4.69) is 6.92 Å². The van der Waals surface area contributed by atoms with E-state index >= 15 is 0 Å². The van der Waals surface area contributed by atoms with Crippen LogP contribution in [0.5, 0.6) is 0 Å². The van der Waals surface area contributed by atoms with Crippen molar-refractivity contribution in [3.8, 4) is 0 Å². The number of benzene rings is 1.